The third kappa shape index (κ3) is 4.27. The van der Waals surface area contributed by atoms with Crippen LogP contribution < -0.4 is 16.6 Å². The lowest BCUT2D eigenvalue weighted by Gasteiger charge is -2.14. The molecule has 0 saturated heterocycles. The third-order valence-electron chi connectivity index (χ3n) is 5.68. The second kappa shape index (κ2) is 8.66. The Kier molecular flexibility index (Phi) is 5.95. The summed E-state index contributed by atoms with van der Waals surface area (Å²) < 4.78 is 2.44. The molecule has 9 heteroatoms. The topological polar surface area (TPSA) is 98.9 Å². The quantitative estimate of drug-likeness (QED) is 0.485. The van der Waals surface area contributed by atoms with Crippen molar-refractivity contribution in [2.45, 2.75) is 43.6 Å². The Morgan fingerprint density at radius 3 is 2.45 bits per heavy atom. The van der Waals surface area contributed by atoms with Gasteiger partial charge in [0.1, 0.15) is 16.2 Å². The first-order valence-corrected chi connectivity index (χ1v) is 11.3. The number of anilines is 1. The van der Waals surface area contributed by atoms with Crippen LogP contribution in [0.3, 0.4) is 0 Å². The highest BCUT2D eigenvalue weighted by Gasteiger charge is 2.24. The van der Waals surface area contributed by atoms with Gasteiger partial charge in [0.2, 0.25) is 5.91 Å². The summed E-state index contributed by atoms with van der Waals surface area (Å²) in [5.74, 6) is 0.763. The number of carbonyl (C=O) groups excluding carboxylic acids is 1. The van der Waals surface area contributed by atoms with Gasteiger partial charge in [0.25, 0.3) is 5.56 Å². The van der Waals surface area contributed by atoms with Gasteiger partial charge in [0.15, 0.2) is 5.65 Å². The van der Waals surface area contributed by atoms with Gasteiger partial charge in [-0.2, -0.15) is 0 Å². The number of aryl methyl sites for hydroxylation is 2. The zero-order chi connectivity index (χ0) is 22.1. The molecule has 0 bridgehead atoms. The smallest absolute Gasteiger partial charge is 0.325 e. The molecular weight excluding hydrogens is 414 g/mol. The van der Waals surface area contributed by atoms with Crippen LogP contribution in [0.5, 0.6) is 0 Å². The molecule has 0 atom stereocenters. The molecule has 1 aliphatic rings. The normalized spacial score (nSPS) is 14.3. The monoisotopic (exact) mass is 439 g/mol. The highest BCUT2D eigenvalue weighted by molar-refractivity contribution is 8.00. The van der Waals surface area contributed by atoms with E-state index in [1.54, 1.807) is 7.05 Å². The van der Waals surface area contributed by atoms with Gasteiger partial charge in [-0.15, -0.1) is 0 Å². The number of nitrogens with one attached hydrogen (secondary N) is 1. The molecule has 3 aromatic rings. The van der Waals surface area contributed by atoms with Crippen LogP contribution >= 0.6 is 11.8 Å². The van der Waals surface area contributed by atoms with Crippen molar-refractivity contribution in [1.29, 1.82) is 0 Å². The average Bonchev–Trinajstić information content (AvgIpc) is 3.31. The molecule has 2 heterocycles. The van der Waals surface area contributed by atoms with Crippen LogP contribution in [-0.4, -0.2) is 30.8 Å². The highest BCUT2D eigenvalue weighted by atomic mass is 32.2. The van der Waals surface area contributed by atoms with E-state index in [-0.39, 0.29) is 23.0 Å². The Labute approximate surface area is 183 Å². The summed E-state index contributed by atoms with van der Waals surface area (Å²) in [6.07, 6.45) is 4.20. The van der Waals surface area contributed by atoms with E-state index in [2.05, 4.69) is 15.3 Å². The van der Waals surface area contributed by atoms with Gasteiger partial charge in [-0.25, -0.2) is 14.8 Å². The van der Waals surface area contributed by atoms with Gasteiger partial charge in [-0.1, -0.05) is 42.3 Å². The van der Waals surface area contributed by atoms with Crippen LogP contribution in [0.4, 0.5) is 5.69 Å². The summed E-state index contributed by atoms with van der Waals surface area (Å²) in [7, 11) is 3.04. The molecule has 0 spiro atoms. The van der Waals surface area contributed by atoms with Gasteiger partial charge in [0.05, 0.1) is 5.75 Å². The van der Waals surface area contributed by atoms with E-state index in [1.165, 1.54) is 23.4 Å². The van der Waals surface area contributed by atoms with Crippen LogP contribution in [0.1, 0.15) is 43.0 Å². The molecule has 1 amide bonds. The van der Waals surface area contributed by atoms with Crippen molar-refractivity contribution in [3.8, 4) is 0 Å². The lowest BCUT2D eigenvalue weighted by molar-refractivity contribution is -0.113. The number of rotatable bonds is 5. The number of hydrogen-bond acceptors (Lipinski definition) is 6. The minimum absolute atomic E-state index is 0.0933. The number of carbonyl (C=O) groups is 1. The second-order valence-electron chi connectivity index (χ2n) is 7.98. The first-order valence-electron chi connectivity index (χ1n) is 10.3. The molecule has 4 rings (SSSR count). The van der Waals surface area contributed by atoms with Crippen LogP contribution in [0.25, 0.3) is 11.0 Å². The first-order chi connectivity index (χ1) is 14.8. The van der Waals surface area contributed by atoms with E-state index in [0.717, 1.165) is 35.8 Å². The zero-order valence-electron chi connectivity index (χ0n) is 17.8. The molecule has 1 fully saturated rings. The maximum atomic E-state index is 12.9. The molecule has 0 radical (unpaired) electrons. The molecule has 1 aromatic carbocycles. The summed E-state index contributed by atoms with van der Waals surface area (Å²) in [5, 5.41) is 3.59. The van der Waals surface area contributed by atoms with Crippen molar-refractivity contribution in [3.63, 3.8) is 0 Å². The second-order valence-corrected chi connectivity index (χ2v) is 8.94. The molecule has 8 nitrogen and oxygen atoms in total. The van der Waals surface area contributed by atoms with E-state index in [0.29, 0.717) is 22.2 Å². The van der Waals surface area contributed by atoms with Crippen LogP contribution in [0, 0.1) is 6.92 Å². The molecular formula is C22H25N5O3S. The van der Waals surface area contributed by atoms with Gasteiger partial charge in [0, 0.05) is 25.7 Å². The summed E-state index contributed by atoms with van der Waals surface area (Å²) in [6, 6.07) is 7.56. The van der Waals surface area contributed by atoms with Gasteiger partial charge in [-0.05, 0) is 31.9 Å². The zero-order valence-corrected chi connectivity index (χ0v) is 18.7. The molecule has 0 unspecified atom stereocenters. The number of fused-ring (bicyclic) bond motifs is 1. The van der Waals surface area contributed by atoms with Crippen LogP contribution in [-0.2, 0) is 18.9 Å². The van der Waals surface area contributed by atoms with E-state index < -0.39 is 11.2 Å². The number of hydrogen-bond donors (Lipinski definition) is 1. The Morgan fingerprint density at radius 2 is 1.77 bits per heavy atom. The Balaban J connectivity index is 1.69. The summed E-state index contributed by atoms with van der Waals surface area (Å²) >= 11 is 1.20. The number of benzene rings is 1. The fourth-order valence-corrected chi connectivity index (χ4v) is 4.70. The minimum Gasteiger partial charge on any atom is -0.325 e. The van der Waals surface area contributed by atoms with Crippen LogP contribution in [0.2, 0.25) is 0 Å². The lowest BCUT2D eigenvalue weighted by atomic mass is 10.1. The highest BCUT2D eigenvalue weighted by Crippen LogP contribution is 2.34. The fraction of sp³-hybridized carbons (Fsp3) is 0.409. The number of thioether (sulfide) groups is 1. The first kappa shape index (κ1) is 21.3. The number of amides is 1. The molecule has 31 heavy (non-hydrogen) atoms. The van der Waals surface area contributed by atoms with Gasteiger partial charge >= 0.3 is 5.69 Å². The maximum Gasteiger partial charge on any atom is 0.332 e. The van der Waals surface area contributed by atoms with E-state index in [9.17, 15) is 14.4 Å². The van der Waals surface area contributed by atoms with Crippen molar-refractivity contribution < 1.29 is 4.79 Å². The SMILES string of the molecule is Cc1ccc(NC(=O)CSc2nc(C3CCCC3)nc3c2c(=O)n(C)c(=O)n3C)cc1. The molecule has 2 aromatic heterocycles. The Morgan fingerprint density at radius 1 is 1.10 bits per heavy atom. The Bertz CT molecular complexity index is 1260. The predicted molar refractivity (Wildman–Crippen MR) is 122 cm³/mol. The van der Waals surface area contributed by atoms with E-state index in [4.69, 9.17) is 0 Å². The van der Waals surface area contributed by atoms with Gasteiger partial charge < -0.3 is 5.32 Å². The molecule has 1 saturated carbocycles. The van der Waals surface area contributed by atoms with Crippen molar-refractivity contribution in [2.24, 2.45) is 14.1 Å². The molecule has 162 valence electrons. The van der Waals surface area contributed by atoms with Crippen molar-refractivity contribution in [1.82, 2.24) is 19.1 Å². The Hall–Kier alpha value is -2.94. The third-order valence-corrected chi connectivity index (χ3v) is 6.66. The minimum atomic E-state index is -0.447. The predicted octanol–water partition coefficient (Wildman–Crippen LogP) is 2.72. The molecule has 1 aliphatic carbocycles. The van der Waals surface area contributed by atoms with E-state index in [1.807, 2.05) is 31.2 Å². The van der Waals surface area contributed by atoms with Crippen molar-refractivity contribution in [2.75, 3.05) is 11.1 Å². The van der Waals surface area contributed by atoms with E-state index >= 15 is 0 Å². The average molecular weight is 440 g/mol. The maximum absolute atomic E-state index is 12.9. The van der Waals surface area contributed by atoms with Crippen molar-refractivity contribution >= 4 is 34.4 Å². The number of nitrogens with zero attached hydrogens (tertiary/aromatic N) is 4. The van der Waals surface area contributed by atoms with Crippen LogP contribution in [0.15, 0.2) is 38.9 Å². The largest absolute Gasteiger partial charge is 0.332 e. The standard InChI is InChI=1S/C22H25N5O3S/c1-13-8-10-15(11-9-13)23-16(28)12-31-20-17-19(26(2)22(30)27(3)21(17)29)24-18(25-20)14-6-4-5-7-14/h8-11,14H,4-7,12H2,1-3H3,(H,23,28). The van der Waals surface area contributed by atoms with Gasteiger partial charge in [-0.3, -0.25) is 18.7 Å². The molecule has 0 aliphatic heterocycles. The summed E-state index contributed by atoms with van der Waals surface area (Å²) in [4.78, 5) is 47.1. The molecule has 1 N–H and O–H groups in total. The fourth-order valence-electron chi connectivity index (χ4n) is 3.88. The lowest BCUT2D eigenvalue weighted by Crippen LogP contribution is -2.38. The number of aromatic nitrogens is 4. The summed E-state index contributed by atoms with van der Waals surface area (Å²) in [6.45, 7) is 1.98. The van der Waals surface area contributed by atoms with Crippen molar-refractivity contribution in [3.05, 3.63) is 56.5 Å². The summed E-state index contributed by atoms with van der Waals surface area (Å²) in [5.41, 5.74) is 1.28.